The first-order chi connectivity index (χ1) is 7.70. The minimum atomic E-state index is 0.829. The smallest absolute Gasteiger partial charge is 0.0573 e. The molecule has 1 rings (SSSR count). The topological polar surface area (TPSA) is 41.3 Å². The molecule has 0 atom stereocenters. The van der Waals surface area contributed by atoms with E-state index in [4.69, 9.17) is 5.73 Å². The van der Waals surface area contributed by atoms with Crippen LogP contribution in [0.15, 0.2) is 24.3 Å². The summed E-state index contributed by atoms with van der Waals surface area (Å²) in [4.78, 5) is 2.22. The van der Waals surface area contributed by atoms with Crippen molar-refractivity contribution in [3.8, 4) is 0 Å². The first-order valence-electron chi connectivity index (χ1n) is 5.93. The Bertz CT molecular complexity index is 297. The van der Waals surface area contributed by atoms with Gasteiger partial charge >= 0.3 is 0 Å². The van der Waals surface area contributed by atoms with Crippen molar-refractivity contribution in [2.45, 2.75) is 19.3 Å². The molecule has 3 heteroatoms. The van der Waals surface area contributed by atoms with Gasteiger partial charge in [-0.1, -0.05) is 18.6 Å². The van der Waals surface area contributed by atoms with Gasteiger partial charge in [0.25, 0.3) is 0 Å². The number of hydrogen-bond acceptors (Lipinski definition) is 3. The third kappa shape index (κ3) is 5.03. The van der Waals surface area contributed by atoms with Crippen LogP contribution in [0.5, 0.6) is 0 Å². The summed E-state index contributed by atoms with van der Waals surface area (Å²) < 4.78 is 0. The Balaban J connectivity index is 2.10. The van der Waals surface area contributed by atoms with Crippen LogP contribution in [0.4, 0.5) is 11.4 Å². The molecule has 1 aromatic carbocycles. The third-order valence-electron chi connectivity index (χ3n) is 2.56. The number of nitrogens with zero attached hydrogens (tertiary/aromatic N) is 1. The Hall–Kier alpha value is -1.22. The fourth-order valence-electron chi connectivity index (χ4n) is 1.61. The molecule has 0 heterocycles. The van der Waals surface area contributed by atoms with Gasteiger partial charge in [-0.25, -0.2) is 0 Å². The van der Waals surface area contributed by atoms with E-state index >= 15 is 0 Å². The van der Waals surface area contributed by atoms with E-state index in [0.29, 0.717) is 0 Å². The monoisotopic (exact) mass is 221 g/mol. The van der Waals surface area contributed by atoms with Crippen molar-refractivity contribution in [2.24, 2.45) is 0 Å². The molecule has 3 nitrogen and oxygen atoms in total. The fourth-order valence-corrected chi connectivity index (χ4v) is 1.61. The molecule has 0 saturated carbocycles. The normalized spacial score (nSPS) is 10.7. The Kier molecular flexibility index (Phi) is 5.72. The first kappa shape index (κ1) is 12.8. The van der Waals surface area contributed by atoms with Gasteiger partial charge < -0.3 is 16.0 Å². The zero-order valence-electron chi connectivity index (χ0n) is 10.4. The lowest BCUT2D eigenvalue weighted by Gasteiger charge is -2.10. The fraction of sp³-hybridized carbons (Fsp3) is 0.538. The van der Waals surface area contributed by atoms with Crippen LogP contribution in [0.2, 0.25) is 0 Å². The Morgan fingerprint density at radius 3 is 2.56 bits per heavy atom. The van der Waals surface area contributed by atoms with Crippen molar-refractivity contribution in [3.05, 3.63) is 24.3 Å². The van der Waals surface area contributed by atoms with E-state index in [0.717, 1.165) is 17.9 Å². The van der Waals surface area contributed by atoms with E-state index in [1.807, 2.05) is 24.3 Å². The number of unbranched alkanes of at least 4 members (excludes halogenated alkanes) is 2. The van der Waals surface area contributed by atoms with Crippen LogP contribution in [0.1, 0.15) is 19.3 Å². The highest BCUT2D eigenvalue weighted by molar-refractivity contribution is 5.65. The molecule has 0 unspecified atom stereocenters. The lowest BCUT2D eigenvalue weighted by molar-refractivity contribution is 0.393. The minimum Gasteiger partial charge on any atom is -0.397 e. The minimum absolute atomic E-state index is 0.829. The predicted molar refractivity (Wildman–Crippen MR) is 71.7 cm³/mol. The Labute approximate surface area is 98.6 Å². The third-order valence-corrected chi connectivity index (χ3v) is 2.56. The number of nitrogen functional groups attached to an aromatic ring is 1. The summed E-state index contributed by atoms with van der Waals surface area (Å²) in [5.74, 6) is 0. The van der Waals surface area contributed by atoms with E-state index in [9.17, 15) is 0 Å². The number of anilines is 2. The zero-order valence-corrected chi connectivity index (χ0v) is 10.4. The van der Waals surface area contributed by atoms with Crippen LogP contribution in [0.25, 0.3) is 0 Å². The summed E-state index contributed by atoms with van der Waals surface area (Å²) in [6, 6.07) is 7.91. The van der Waals surface area contributed by atoms with Gasteiger partial charge in [0.2, 0.25) is 0 Å². The number of para-hydroxylation sites is 2. The molecule has 0 radical (unpaired) electrons. The zero-order chi connectivity index (χ0) is 11.8. The molecule has 3 N–H and O–H groups in total. The molecule has 0 spiro atoms. The molecule has 0 bridgehead atoms. The average molecular weight is 221 g/mol. The summed E-state index contributed by atoms with van der Waals surface area (Å²) in [7, 11) is 4.23. The van der Waals surface area contributed by atoms with Crippen LogP contribution >= 0.6 is 0 Å². The molecule has 16 heavy (non-hydrogen) atoms. The van der Waals surface area contributed by atoms with Crippen molar-refractivity contribution in [1.29, 1.82) is 0 Å². The molecular formula is C13H23N3. The quantitative estimate of drug-likeness (QED) is 0.549. The summed E-state index contributed by atoms with van der Waals surface area (Å²) in [6.45, 7) is 2.18. The molecule has 0 aliphatic carbocycles. The van der Waals surface area contributed by atoms with Gasteiger partial charge in [-0.05, 0) is 45.6 Å². The van der Waals surface area contributed by atoms with Crippen LogP contribution in [-0.4, -0.2) is 32.1 Å². The van der Waals surface area contributed by atoms with Crippen molar-refractivity contribution >= 4 is 11.4 Å². The summed E-state index contributed by atoms with van der Waals surface area (Å²) >= 11 is 0. The molecule has 0 amide bonds. The van der Waals surface area contributed by atoms with Gasteiger partial charge in [-0.15, -0.1) is 0 Å². The maximum absolute atomic E-state index is 5.83. The van der Waals surface area contributed by atoms with Gasteiger partial charge in [-0.2, -0.15) is 0 Å². The van der Waals surface area contributed by atoms with Crippen molar-refractivity contribution in [1.82, 2.24) is 4.90 Å². The highest BCUT2D eigenvalue weighted by atomic mass is 15.0. The molecule has 0 aliphatic rings. The van der Waals surface area contributed by atoms with E-state index in [2.05, 4.69) is 24.3 Å². The Morgan fingerprint density at radius 2 is 1.88 bits per heavy atom. The summed E-state index contributed by atoms with van der Waals surface area (Å²) in [5, 5.41) is 3.36. The lowest BCUT2D eigenvalue weighted by Crippen LogP contribution is -2.13. The van der Waals surface area contributed by atoms with Gasteiger partial charge in [-0.3, -0.25) is 0 Å². The largest absolute Gasteiger partial charge is 0.397 e. The second-order valence-corrected chi connectivity index (χ2v) is 4.38. The van der Waals surface area contributed by atoms with E-state index in [1.165, 1.54) is 25.8 Å². The van der Waals surface area contributed by atoms with Crippen molar-refractivity contribution in [3.63, 3.8) is 0 Å². The van der Waals surface area contributed by atoms with E-state index in [-0.39, 0.29) is 0 Å². The average Bonchev–Trinajstić information content (AvgIpc) is 2.25. The highest BCUT2D eigenvalue weighted by Gasteiger charge is 1.96. The SMILES string of the molecule is CN(C)CCCCCNc1ccccc1N. The van der Waals surface area contributed by atoms with Gasteiger partial charge in [0.15, 0.2) is 0 Å². The highest BCUT2D eigenvalue weighted by Crippen LogP contribution is 2.16. The number of benzene rings is 1. The standard InChI is InChI=1S/C13H23N3/c1-16(2)11-7-3-6-10-15-13-9-5-4-8-12(13)14/h4-5,8-9,15H,3,6-7,10-11,14H2,1-2H3. The number of hydrogen-bond donors (Lipinski definition) is 2. The van der Waals surface area contributed by atoms with Crippen molar-refractivity contribution < 1.29 is 0 Å². The summed E-state index contributed by atoms with van der Waals surface area (Å²) in [6.07, 6.45) is 3.72. The number of nitrogens with two attached hydrogens (primary N) is 1. The molecule has 0 aromatic heterocycles. The number of nitrogens with one attached hydrogen (secondary N) is 1. The second kappa shape index (κ2) is 7.12. The molecule has 90 valence electrons. The molecule has 0 aliphatic heterocycles. The predicted octanol–water partition coefficient (Wildman–Crippen LogP) is 2.41. The maximum atomic E-state index is 5.83. The first-order valence-corrected chi connectivity index (χ1v) is 5.93. The van der Waals surface area contributed by atoms with E-state index < -0.39 is 0 Å². The summed E-state index contributed by atoms with van der Waals surface area (Å²) in [5.41, 5.74) is 7.71. The van der Waals surface area contributed by atoms with Gasteiger partial charge in [0.05, 0.1) is 11.4 Å². The van der Waals surface area contributed by atoms with Crippen molar-refractivity contribution in [2.75, 3.05) is 38.2 Å². The molecule has 1 aromatic rings. The van der Waals surface area contributed by atoms with Crippen LogP contribution in [0, 0.1) is 0 Å². The maximum Gasteiger partial charge on any atom is 0.0573 e. The molecule has 0 saturated heterocycles. The van der Waals surface area contributed by atoms with Gasteiger partial charge in [0, 0.05) is 6.54 Å². The van der Waals surface area contributed by atoms with Crippen LogP contribution in [-0.2, 0) is 0 Å². The second-order valence-electron chi connectivity index (χ2n) is 4.38. The Morgan fingerprint density at radius 1 is 1.12 bits per heavy atom. The van der Waals surface area contributed by atoms with Crippen LogP contribution in [0.3, 0.4) is 0 Å². The van der Waals surface area contributed by atoms with Crippen LogP contribution < -0.4 is 11.1 Å². The lowest BCUT2D eigenvalue weighted by atomic mass is 10.2. The van der Waals surface area contributed by atoms with Gasteiger partial charge in [0.1, 0.15) is 0 Å². The molecular weight excluding hydrogens is 198 g/mol. The van der Waals surface area contributed by atoms with E-state index in [1.54, 1.807) is 0 Å². The number of rotatable bonds is 7. The molecule has 0 fully saturated rings.